The number of nitrogens with one attached hydrogen (secondary N) is 1. The highest BCUT2D eigenvalue weighted by Gasteiger charge is 2.10. The second-order valence-electron chi connectivity index (χ2n) is 4.48. The number of nitro groups is 1. The highest BCUT2D eigenvalue weighted by Crippen LogP contribution is 2.18. The quantitative estimate of drug-likeness (QED) is 0.668. The first-order valence-corrected chi connectivity index (χ1v) is 6.42. The maximum Gasteiger partial charge on any atom is 0.305 e. The van der Waals surface area contributed by atoms with Crippen molar-refractivity contribution in [3.63, 3.8) is 0 Å². The Morgan fingerprint density at radius 2 is 1.85 bits per heavy atom. The molecule has 1 aromatic heterocycles. The minimum Gasteiger partial charge on any atom is -0.348 e. The van der Waals surface area contributed by atoms with Crippen LogP contribution >= 0.6 is 0 Å². The first kappa shape index (κ1) is 13.9. The summed E-state index contributed by atoms with van der Waals surface area (Å²) in [5, 5.41) is 13.6. The van der Waals surface area contributed by atoms with E-state index in [1.54, 1.807) is 0 Å². The van der Waals surface area contributed by atoms with Crippen molar-refractivity contribution in [1.29, 1.82) is 0 Å². The van der Waals surface area contributed by atoms with Crippen molar-refractivity contribution < 1.29 is 4.92 Å². The number of hydrogen-bond acceptors (Lipinski definition) is 5. The first-order valence-electron chi connectivity index (χ1n) is 6.42. The molecule has 0 fully saturated rings. The van der Waals surface area contributed by atoms with Gasteiger partial charge in [0.1, 0.15) is 12.4 Å². The fraction of sp³-hybridized carbons (Fsp3) is 0.286. The van der Waals surface area contributed by atoms with E-state index in [0.717, 1.165) is 12.0 Å². The molecule has 20 heavy (non-hydrogen) atoms. The van der Waals surface area contributed by atoms with Gasteiger partial charge in [0.25, 0.3) is 0 Å². The molecule has 0 aliphatic heterocycles. The molecule has 104 valence electrons. The molecule has 0 radical (unpaired) electrons. The van der Waals surface area contributed by atoms with Gasteiger partial charge in [0.05, 0.1) is 11.0 Å². The Hall–Kier alpha value is -2.50. The molecule has 6 heteroatoms. The van der Waals surface area contributed by atoms with Crippen molar-refractivity contribution in [1.82, 2.24) is 9.97 Å². The van der Waals surface area contributed by atoms with E-state index < -0.39 is 4.92 Å². The van der Waals surface area contributed by atoms with Crippen LogP contribution in [0.4, 0.5) is 11.6 Å². The molecule has 1 N–H and O–H groups in total. The van der Waals surface area contributed by atoms with Gasteiger partial charge in [0.15, 0.2) is 0 Å². The highest BCUT2D eigenvalue weighted by atomic mass is 16.6. The standard InChI is InChI=1S/C14H16N4O2/c1-3-11-4-6-12(7-5-11)10(2)17-14-15-8-13(9-16-14)18(19)20/h4-10H,3H2,1-2H3,(H,15,16,17). The molecule has 0 aliphatic rings. The molecule has 1 atom stereocenters. The minimum atomic E-state index is -0.517. The van der Waals surface area contributed by atoms with Crippen molar-refractivity contribution in [3.8, 4) is 0 Å². The summed E-state index contributed by atoms with van der Waals surface area (Å²) in [6.07, 6.45) is 3.40. The van der Waals surface area contributed by atoms with Crippen molar-refractivity contribution in [3.05, 3.63) is 57.9 Å². The van der Waals surface area contributed by atoms with E-state index >= 15 is 0 Å². The van der Waals surface area contributed by atoms with E-state index in [-0.39, 0.29) is 11.7 Å². The number of rotatable bonds is 5. The zero-order chi connectivity index (χ0) is 14.5. The van der Waals surface area contributed by atoms with Gasteiger partial charge in [-0.25, -0.2) is 9.97 Å². The Kier molecular flexibility index (Phi) is 4.24. The number of hydrogen-bond donors (Lipinski definition) is 1. The van der Waals surface area contributed by atoms with Gasteiger partial charge in [0.2, 0.25) is 5.95 Å². The topological polar surface area (TPSA) is 81.0 Å². The summed E-state index contributed by atoms with van der Waals surface area (Å²) < 4.78 is 0. The average Bonchev–Trinajstić information content (AvgIpc) is 2.48. The molecule has 6 nitrogen and oxygen atoms in total. The molecule has 0 amide bonds. The normalized spacial score (nSPS) is 11.9. The van der Waals surface area contributed by atoms with Gasteiger partial charge >= 0.3 is 5.69 Å². The molecular weight excluding hydrogens is 256 g/mol. The van der Waals surface area contributed by atoms with Crippen molar-refractivity contribution in [2.75, 3.05) is 5.32 Å². The van der Waals surface area contributed by atoms with Gasteiger partial charge in [-0.1, -0.05) is 31.2 Å². The van der Waals surface area contributed by atoms with Crippen LogP contribution in [-0.2, 0) is 6.42 Å². The largest absolute Gasteiger partial charge is 0.348 e. The number of aromatic nitrogens is 2. The zero-order valence-corrected chi connectivity index (χ0v) is 11.4. The van der Waals surface area contributed by atoms with Gasteiger partial charge in [-0.3, -0.25) is 10.1 Å². The lowest BCUT2D eigenvalue weighted by atomic mass is 10.1. The number of aryl methyl sites for hydroxylation is 1. The summed E-state index contributed by atoms with van der Waals surface area (Å²) in [5.74, 6) is 0.377. The van der Waals surface area contributed by atoms with Gasteiger partial charge in [-0.2, -0.15) is 0 Å². The maximum atomic E-state index is 10.5. The summed E-state index contributed by atoms with van der Waals surface area (Å²) in [4.78, 5) is 17.9. The summed E-state index contributed by atoms with van der Waals surface area (Å²) in [6.45, 7) is 4.10. The molecule has 0 saturated carbocycles. The number of anilines is 1. The van der Waals surface area contributed by atoms with Gasteiger partial charge in [0, 0.05) is 0 Å². The maximum absolute atomic E-state index is 10.5. The van der Waals surface area contributed by atoms with Gasteiger partial charge in [-0.05, 0) is 24.5 Å². The molecule has 0 bridgehead atoms. The van der Waals surface area contributed by atoms with Crippen LogP contribution in [0.2, 0.25) is 0 Å². The van der Waals surface area contributed by atoms with Crippen LogP contribution in [0, 0.1) is 10.1 Å². The summed E-state index contributed by atoms with van der Waals surface area (Å²) in [6, 6.07) is 8.32. The number of benzene rings is 1. The Labute approximate surface area is 117 Å². The first-order chi connectivity index (χ1) is 9.60. The molecule has 0 spiro atoms. The van der Waals surface area contributed by atoms with Crippen LogP contribution in [-0.4, -0.2) is 14.9 Å². The van der Waals surface area contributed by atoms with Crippen LogP contribution in [0.15, 0.2) is 36.7 Å². The van der Waals surface area contributed by atoms with E-state index in [0.29, 0.717) is 5.95 Å². The third-order valence-electron chi connectivity index (χ3n) is 3.08. The summed E-state index contributed by atoms with van der Waals surface area (Å²) in [5.41, 5.74) is 2.28. The van der Waals surface area contributed by atoms with Gasteiger partial charge in [-0.15, -0.1) is 0 Å². The third kappa shape index (κ3) is 3.28. The fourth-order valence-corrected chi connectivity index (χ4v) is 1.81. The zero-order valence-electron chi connectivity index (χ0n) is 11.4. The Bertz CT molecular complexity index is 581. The molecule has 1 heterocycles. The Morgan fingerprint density at radius 3 is 2.35 bits per heavy atom. The molecule has 1 unspecified atom stereocenters. The van der Waals surface area contributed by atoms with Gasteiger partial charge < -0.3 is 5.32 Å². The van der Waals surface area contributed by atoms with Crippen LogP contribution in [0.3, 0.4) is 0 Å². The monoisotopic (exact) mass is 272 g/mol. The predicted molar refractivity (Wildman–Crippen MR) is 76.5 cm³/mol. The average molecular weight is 272 g/mol. The second kappa shape index (κ2) is 6.10. The minimum absolute atomic E-state index is 0.0300. The predicted octanol–water partition coefficient (Wildman–Crippen LogP) is 3.12. The lowest BCUT2D eigenvalue weighted by Crippen LogP contribution is -2.09. The third-order valence-corrected chi connectivity index (χ3v) is 3.08. The lowest BCUT2D eigenvalue weighted by molar-refractivity contribution is -0.385. The van der Waals surface area contributed by atoms with E-state index in [4.69, 9.17) is 0 Å². The van der Waals surface area contributed by atoms with E-state index in [2.05, 4.69) is 46.5 Å². The second-order valence-corrected chi connectivity index (χ2v) is 4.48. The molecular formula is C14H16N4O2. The summed E-state index contributed by atoms with van der Waals surface area (Å²) in [7, 11) is 0. The SMILES string of the molecule is CCc1ccc(C(C)Nc2ncc([N+](=O)[O-])cn2)cc1. The summed E-state index contributed by atoms with van der Waals surface area (Å²) >= 11 is 0. The van der Waals surface area contributed by atoms with Crippen LogP contribution in [0.1, 0.15) is 31.0 Å². The van der Waals surface area contributed by atoms with Crippen LogP contribution < -0.4 is 5.32 Å². The van der Waals surface area contributed by atoms with E-state index in [1.807, 2.05) is 6.92 Å². The smallest absolute Gasteiger partial charge is 0.305 e. The fourth-order valence-electron chi connectivity index (χ4n) is 1.81. The number of nitrogens with zero attached hydrogens (tertiary/aromatic N) is 3. The highest BCUT2D eigenvalue weighted by molar-refractivity contribution is 5.35. The van der Waals surface area contributed by atoms with E-state index in [1.165, 1.54) is 18.0 Å². The molecule has 1 aromatic carbocycles. The van der Waals surface area contributed by atoms with E-state index in [9.17, 15) is 10.1 Å². The molecule has 0 aliphatic carbocycles. The molecule has 2 aromatic rings. The lowest BCUT2D eigenvalue weighted by Gasteiger charge is -2.14. The molecule has 0 saturated heterocycles. The van der Waals surface area contributed by atoms with Crippen molar-refractivity contribution >= 4 is 11.6 Å². The van der Waals surface area contributed by atoms with Crippen molar-refractivity contribution in [2.45, 2.75) is 26.3 Å². The van der Waals surface area contributed by atoms with Crippen LogP contribution in [0.5, 0.6) is 0 Å². The Balaban J connectivity index is 2.06. The molecule has 2 rings (SSSR count). The van der Waals surface area contributed by atoms with Crippen molar-refractivity contribution in [2.24, 2.45) is 0 Å². The Morgan fingerprint density at radius 1 is 1.25 bits per heavy atom. The van der Waals surface area contributed by atoms with Crippen LogP contribution in [0.25, 0.3) is 0 Å².